The number of ether oxygens (including phenoxy) is 1. The summed E-state index contributed by atoms with van der Waals surface area (Å²) in [4.78, 5) is 2.19. The second-order valence-corrected chi connectivity index (χ2v) is 11.5. The maximum Gasteiger partial charge on any atom is 0.123 e. The van der Waals surface area contributed by atoms with Gasteiger partial charge in [0.05, 0.1) is 6.61 Å². The number of unbranched alkanes of at least 4 members (excludes halogenated alkanes) is 5. The summed E-state index contributed by atoms with van der Waals surface area (Å²) in [6.45, 7) is 4.13. The van der Waals surface area contributed by atoms with Crippen LogP contribution in [-0.4, -0.2) is 63.2 Å². The van der Waals surface area contributed by atoms with Crippen LogP contribution in [0.4, 0.5) is 4.39 Å². The summed E-state index contributed by atoms with van der Waals surface area (Å²) < 4.78 is 18.9. The average Bonchev–Trinajstić information content (AvgIpc) is 3.42. The first-order valence-corrected chi connectivity index (χ1v) is 15.0. The molecule has 0 saturated carbocycles. The van der Waals surface area contributed by atoms with E-state index in [0.717, 1.165) is 32.9 Å². The van der Waals surface area contributed by atoms with E-state index >= 15 is 0 Å². The van der Waals surface area contributed by atoms with Gasteiger partial charge in [-0.1, -0.05) is 69.4 Å². The first-order valence-electron chi connectivity index (χ1n) is 14.1. The van der Waals surface area contributed by atoms with Gasteiger partial charge < -0.3 is 30.3 Å². The minimum atomic E-state index is -1.41. The first-order chi connectivity index (χ1) is 19.3. The summed E-state index contributed by atoms with van der Waals surface area (Å²) >= 11 is 1.63. The van der Waals surface area contributed by atoms with Crippen LogP contribution in [0.3, 0.4) is 0 Å². The van der Waals surface area contributed by atoms with Gasteiger partial charge in [-0.2, -0.15) is 0 Å². The molecule has 2 aromatic carbocycles. The van der Waals surface area contributed by atoms with Crippen LogP contribution >= 0.6 is 11.3 Å². The fourth-order valence-corrected chi connectivity index (χ4v) is 5.79. The summed E-state index contributed by atoms with van der Waals surface area (Å²) in [7, 11) is 0. The van der Waals surface area contributed by atoms with Crippen molar-refractivity contribution in [2.75, 3.05) is 13.2 Å². The van der Waals surface area contributed by atoms with Gasteiger partial charge in [0.1, 0.15) is 36.3 Å². The molecule has 0 radical (unpaired) electrons. The third-order valence-corrected chi connectivity index (χ3v) is 8.40. The van der Waals surface area contributed by atoms with Crippen LogP contribution in [0.5, 0.6) is 0 Å². The fourth-order valence-electron chi connectivity index (χ4n) is 4.76. The molecule has 4 rings (SSSR count). The SMILES string of the molecule is CCCCCCCCO.Cc1ccc([C@@H]2O[C@H](CO)[C@@H](O)[C@H](O)[C@H]2O)cc1Cc1ccc(-c2ccc(F)cc2)s1. The molecular weight excluding hydrogens is 531 g/mol. The molecule has 1 aliphatic rings. The fraction of sp³-hybridized carbons (Fsp3) is 0.500. The molecule has 1 aliphatic heterocycles. The van der Waals surface area contributed by atoms with E-state index in [0.29, 0.717) is 18.6 Å². The lowest BCUT2D eigenvalue weighted by Gasteiger charge is -2.40. The van der Waals surface area contributed by atoms with Gasteiger partial charge in [-0.15, -0.1) is 11.3 Å². The lowest BCUT2D eigenvalue weighted by molar-refractivity contribution is -0.231. The molecule has 5 N–H and O–H groups in total. The maximum atomic E-state index is 13.2. The third-order valence-electron chi connectivity index (χ3n) is 7.26. The van der Waals surface area contributed by atoms with Crippen molar-refractivity contribution in [3.05, 3.63) is 82.0 Å². The van der Waals surface area contributed by atoms with Crippen molar-refractivity contribution in [1.29, 1.82) is 0 Å². The summed E-state index contributed by atoms with van der Waals surface area (Å²) in [5.74, 6) is -0.263. The van der Waals surface area contributed by atoms with E-state index in [-0.39, 0.29) is 5.82 Å². The van der Waals surface area contributed by atoms with Crippen molar-refractivity contribution in [2.45, 2.75) is 89.3 Å². The van der Waals surface area contributed by atoms with E-state index in [2.05, 4.69) is 6.92 Å². The Morgan fingerprint density at radius 2 is 1.52 bits per heavy atom. The minimum Gasteiger partial charge on any atom is -0.396 e. The molecule has 0 bridgehead atoms. The van der Waals surface area contributed by atoms with Crippen LogP contribution in [0.1, 0.15) is 73.1 Å². The average molecular weight is 575 g/mol. The first kappa shape index (κ1) is 32.3. The molecule has 2 heterocycles. The van der Waals surface area contributed by atoms with Gasteiger partial charge in [0.15, 0.2) is 0 Å². The second-order valence-electron chi connectivity index (χ2n) is 10.4. The molecule has 3 aromatic rings. The monoisotopic (exact) mass is 574 g/mol. The number of thiophene rings is 1. The Morgan fingerprint density at radius 1 is 0.825 bits per heavy atom. The van der Waals surface area contributed by atoms with Gasteiger partial charge in [-0.3, -0.25) is 0 Å². The molecule has 1 aromatic heterocycles. The number of hydrogen-bond acceptors (Lipinski definition) is 7. The molecular formula is C32H43FO6S. The number of aliphatic hydroxyl groups is 5. The smallest absolute Gasteiger partial charge is 0.123 e. The molecule has 6 nitrogen and oxygen atoms in total. The molecule has 220 valence electrons. The van der Waals surface area contributed by atoms with Gasteiger partial charge in [0.25, 0.3) is 0 Å². The van der Waals surface area contributed by atoms with Crippen molar-refractivity contribution in [1.82, 2.24) is 0 Å². The van der Waals surface area contributed by atoms with Crippen molar-refractivity contribution in [3.63, 3.8) is 0 Å². The van der Waals surface area contributed by atoms with Gasteiger partial charge in [0.2, 0.25) is 0 Å². The standard InChI is InChI=1S/C24H25FO5S.C8H18O/c1-13-2-3-15(24-23(29)22(28)21(27)19(12-26)30-24)10-16(13)11-18-8-9-20(31-18)14-4-6-17(25)7-5-14;1-2-3-4-5-6-7-8-9/h2-10,19,21-24,26-29H,11-12H2,1H3;9H,2-8H2,1H3/t19-,21-,22+,23-,24+;/m1./s1. The highest BCUT2D eigenvalue weighted by atomic mass is 32.1. The van der Waals surface area contributed by atoms with Crippen LogP contribution in [-0.2, 0) is 11.2 Å². The predicted molar refractivity (Wildman–Crippen MR) is 157 cm³/mol. The highest BCUT2D eigenvalue weighted by molar-refractivity contribution is 7.15. The lowest BCUT2D eigenvalue weighted by Crippen LogP contribution is -2.55. The molecule has 5 atom stereocenters. The van der Waals surface area contributed by atoms with Crippen molar-refractivity contribution < 1.29 is 34.7 Å². The Bertz CT molecular complexity index is 1140. The van der Waals surface area contributed by atoms with Crippen LogP contribution in [0.25, 0.3) is 10.4 Å². The zero-order valence-corrected chi connectivity index (χ0v) is 24.2. The van der Waals surface area contributed by atoms with Crippen LogP contribution in [0.15, 0.2) is 54.6 Å². The lowest BCUT2D eigenvalue weighted by atomic mass is 9.89. The number of benzene rings is 2. The van der Waals surface area contributed by atoms with E-state index < -0.39 is 37.1 Å². The van der Waals surface area contributed by atoms with E-state index in [1.54, 1.807) is 23.5 Å². The number of rotatable bonds is 11. The molecule has 0 aliphatic carbocycles. The van der Waals surface area contributed by atoms with Crippen LogP contribution in [0.2, 0.25) is 0 Å². The van der Waals surface area contributed by atoms with Crippen molar-refractivity contribution >= 4 is 11.3 Å². The van der Waals surface area contributed by atoms with Gasteiger partial charge >= 0.3 is 0 Å². The van der Waals surface area contributed by atoms with Gasteiger partial charge in [0, 0.05) is 22.8 Å². The van der Waals surface area contributed by atoms with E-state index in [1.807, 2.05) is 37.3 Å². The normalized spacial score (nSPS) is 22.6. The van der Waals surface area contributed by atoms with E-state index in [4.69, 9.17) is 9.84 Å². The molecule has 0 unspecified atom stereocenters. The van der Waals surface area contributed by atoms with Crippen molar-refractivity contribution in [3.8, 4) is 10.4 Å². The summed E-state index contributed by atoms with van der Waals surface area (Å²) in [5.41, 5.74) is 3.75. The number of hydrogen-bond donors (Lipinski definition) is 5. The Labute approximate surface area is 240 Å². The number of halogens is 1. The molecule has 8 heteroatoms. The molecule has 0 amide bonds. The Kier molecular flexibility index (Phi) is 13.2. The van der Waals surface area contributed by atoms with Crippen LogP contribution in [0, 0.1) is 12.7 Å². The second kappa shape index (κ2) is 16.3. The molecule has 1 saturated heterocycles. The number of aryl methyl sites for hydroxylation is 1. The summed E-state index contributed by atoms with van der Waals surface area (Å²) in [5, 5.41) is 48.4. The highest BCUT2D eigenvalue weighted by Gasteiger charge is 2.44. The largest absolute Gasteiger partial charge is 0.396 e. The summed E-state index contributed by atoms with van der Waals surface area (Å²) in [6, 6.07) is 16.2. The van der Waals surface area contributed by atoms with E-state index in [9.17, 15) is 24.8 Å². The van der Waals surface area contributed by atoms with Crippen molar-refractivity contribution in [2.24, 2.45) is 0 Å². The summed E-state index contributed by atoms with van der Waals surface area (Å²) in [6.07, 6.45) is 2.28. The zero-order valence-electron chi connectivity index (χ0n) is 23.4. The Balaban J connectivity index is 0.000000424. The Hall–Kier alpha value is -2.17. The minimum absolute atomic E-state index is 0.263. The molecule has 1 fully saturated rings. The zero-order chi connectivity index (χ0) is 29.1. The predicted octanol–water partition coefficient (Wildman–Crippen LogP) is 5.31. The number of aliphatic hydroxyl groups excluding tert-OH is 5. The van der Waals surface area contributed by atoms with Gasteiger partial charge in [-0.25, -0.2) is 4.39 Å². The van der Waals surface area contributed by atoms with Gasteiger partial charge in [-0.05, 0) is 59.9 Å². The Morgan fingerprint density at radius 3 is 2.20 bits per heavy atom. The molecule has 40 heavy (non-hydrogen) atoms. The highest BCUT2D eigenvalue weighted by Crippen LogP contribution is 2.35. The maximum absolute atomic E-state index is 13.2. The molecule has 0 spiro atoms. The quantitative estimate of drug-likeness (QED) is 0.199. The third kappa shape index (κ3) is 8.91. The van der Waals surface area contributed by atoms with Crippen LogP contribution < -0.4 is 0 Å². The van der Waals surface area contributed by atoms with E-state index in [1.165, 1.54) is 44.2 Å². The topological polar surface area (TPSA) is 110 Å².